The smallest absolute Gasteiger partial charge is 0.133 e. The molecule has 0 atom stereocenters. The van der Waals surface area contributed by atoms with E-state index in [1.807, 2.05) is 25.1 Å². The van der Waals surface area contributed by atoms with Crippen LogP contribution in [0.4, 0.5) is 0 Å². The van der Waals surface area contributed by atoms with Gasteiger partial charge in [0.25, 0.3) is 0 Å². The summed E-state index contributed by atoms with van der Waals surface area (Å²) in [5, 5.41) is 12.3. The van der Waals surface area contributed by atoms with Crippen LogP contribution >= 0.6 is 11.3 Å². The number of hydrogen-bond acceptors (Lipinski definition) is 2. The maximum Gasteiger partial charge on any atom is 0.133 e. The van der Waals surface area contributed by atoms with E-state index in [4.69, 9.17) is 0 Å². The quantitative estimate of drug-likeness (QED) is 0.598. The Morgan fingerprint density at radius 3 is 2.73 bits per heavy atom. The van der Waals surface area contributed by atoms with Gasteiger partial charge in [0.2, 0.25) is 0 Å². The van der Waals surface area contributed by atoms with Crippen molar-refractivity contribution < 1.29 is 5.11 Å². The Balaban J connectivity index is 2.61. The van der Waals surface area contributed by atoms with E-state index in [-0.39, 0.29) is 0 Å². The molecule has 0 aliphatic carbocycles. The van der Waals surface area contributed by atoms with Gasteiger partial charge in [-0.15, -0.1) is 11.3 Å². The molecule has 3 aromatic rings. The van der Waals surface area contributed by atoms with Gasteiger partial charge in [-0.05, 0) is 30.7 Å². The summed E-state index contributed by atoms with van der Waals surface area (Å²) in [5.41, 5.74) is 1.10. The summed E-state index contributed by atoms with van der Waals surface area (Å²) in [5.74, 6) is 0.395. The molecule has 0 spiro atoms. The van der Waals surface area contributed by atoms with Crippen molar-refractivity contribution in [3.05, 3.63) is 42.0 Å². The fourth-order valence-corrected chi connectivity index (χ4v) is 3.05. The molecule has 15 heavy (non-hydrogen) atoms. The van der Waals surface area contributed by atoms with Crippen LogP contribution in [0.3, 0.4) is 0 Å². The van der Waals surface area contributed by atoms with Crippen LogP contribution in [0.25, 0.3) is 20.2 Å². The van der Waals surface area contributed by atoms with Crippen LogP contribution in [-0.4, -0.2) is 5.11 Å². The molecule has 74 valence electrons. The van der Waals surface area contributed by atoms with E-state index in [1.165, 1.54) is 10.1 Å². The summed E-state index contributed by atoms with van der Waals surface area (Å²) in [4.78, 5) is 0. The molecular weight excluding hydrogens is 204 g/mol. The van der Waals surface area contributed by atoms with Crippen LogP contribution in [0.2, 0.25) is 0 Å². The minimum atomic E-state index is 0.395. The molecule has 0 radical (unpaired) electrons. The minimum absolute atomic E-state index is 0.395. The second-order valence-corrected chi connectivity index (χ2v) is 4.81. The average Bonchev–Trinajstić information content (AvgIpc) is 2.57. The Labute approximate surface area is 91.6 Å². The van der Waals surface area contributed by atoms with E-state index in [0.717, 1.165) is 15.6 Å². The van der Waals surface area contributed by atoms with Crippen molar-refractivity contribution in [2.24, 2.45) is 0 Å². The lowest BCUT2D eigenvalue weighted by Crippen LogP contribution is -1.72. The van der Waals surface area contributed by atoms with Crippen molar-refractivity contribution in [3.8, 4) is 5.75 Å². The molecule has 2 aromatic carbocycles. The van der Waals surface area contributed by atoms with Crippen molar-refractivity contribution in [1.29, 1.82) is 0 Å². The SMILES string of the molecule is Cc1cc(O)c2sc3ccccc3c2c1. The summed E-state index contributed by atoms with van der Waals surface area (Å²) in [7, 11) is 0. The highest BCUT2D eigenvalue weighted by molar-refractivity contribution is 7.26. The summed E-state index contributed by atoms with van der Waals surface area (Å²) < 4.78 is 2.22. The van der Waals surface area contributed by atoms with Gasteiger partial charge < -0.3 is 5.11 Å². The molecule has 0 amide bonds. The zero-order valence-corrected chi connectivity index (χ0v) is 9.14. The molecule has 0 saturated carbocycles. The number of rotatable bonds is 0. The maximum absolute atomic E-state index is 9.86. The van der Waals surface area contributed by atoms with Crippen LogP contribution in [-0.2, 0) is 0 Å². The zero-order valence-electron chi connectivity index (χ0n) is 8.32. The summed E-state index contributed by atoms with van der Waals surface area (Å²) in [6.07, 6.45) is 0. The molecule has 1 heterocycles. The largest absolute Gasteiger partial charge is 0.506 e. The van der Waals surface area contributed by atoms with Gasteiger partial charge in [-0.3, -0.25) is 0 Å². The number of aromatic hydroxyl groups is 1. The first-order valence-corrected chi connectivity index (χ1v) is 5.68. The van der Waals surface area contributed by atoms with E-state index in [2.05, 4.69) is 18.2 Å². The number of hydrogen-bond donors (Lipinski definition) is 1. The Bertz CT molecular complexity index is 652. The third-order valence-corrected chi connectivity index (χ3v) is 3.81. The molecule has 1 aromatic heterocycles. The summed E-state index contributed by atoms with van der Waals surface area (Å²) in [6.45, 7) is 2.01. The topological polar surface area (TPSA) is 20.2 Å². The van der Waals surface area contributed by atoms with Crippen molar-refractivity contribution >= 4 is 31.5 Å². The summed E-state index contributed by atoms with van der Waals surface area (Å²) >= 11 is 1.65. The number of benzene rings is 2. The lowest BCUT2D eigenvalue weighted by molar-refractivity contribution is 0.482. The van der Waals surface area contributed by atoms with Gasteiger partial charge in [0.05, 0.1) is 4.70 Å². The van der Waals surface area contributed by atoms with E-state index in [9.17, 15) is 5.11 Å². The first-order chi connectivity index (χ1) is 7.25. The summed E-state index contributed by atoms with van der Waals surface area (Å²) in [6, 6.07) is 12.2. The van der Waals surface area contributed by atoms with Crippen LogP contribution in [0.15, 0.2) is 36.4 Å². The molecule has 0 bridgehead atoms. The van der Waals surface area contributed by atoms with Crippen molar-refractivity contribution in [2.75, 3.05) is 0 Å². The van der Waals surface area contributed by atoms with E-state index in [1.54, 1.807) is 11.3 Å². The Morgan fingerprint density at radius 1 is 1.07 bits per heavy atom. The molecule has 2 heteroatoms. The number of fused-ring (bicyclic) bond motifs is 3. The van der Waals surface area contributed by atoms with Crippen LogP contribution in [0, 0.1) is 6.92 Å². The molecule has 0 aliphatic heterocycles. The lowest BCUT2D eigenvalue weighted by Gasteiger charge is -1.97. The monoisotopic (exact) mass is 214 g/mol. The second-order valence-electron chi connectivity index (χ2n) is 3.76. The van der Waals surface area contributed by atoms with Gasteiger partial charge >= 0.3 is 0 Å². The third kappa shape index (κ3) is 1.22. The van der Waals surface area contributed by atoms with E-state index < -0.39 is 0 Å². The van der Waals surface area contributed by atoms with E-state index >= 15 is 0 Å². The van der Waals surface area contributed by atoms with Gasteiger partial charge in [-0.25, -0.2) is 0 Å². The van der Waals surface area contributed by atoms with Crippen LogP contribution in [0.5, 0.6) is 5.75 Å². The number of phenols is 1. The Hall–Kier alpha value is -1.54. The number of aryl methyl sites for hydroxylation is 1. The zero-order chi connectivity index (χ0) is 10.4. The normalized spacial score (nSPS) is 11.3. The number of phenolic OH excluding ortho intramolecular Hbond substituents is 1. The van der Waals surface area contributed by atoms with Crippen molar-refractivity contribution in [1.82, 2.24) is 0 Å². The molecule has 1 nitrogen and oxygen atoms in total. The fourth-order valence-electron chi connectivity index (χ4n) is 1.95. The lowest BCUT2D eigenvalue weighted by atomic mass is 10.1. The predicted molar refractivity (Wildman–Crippen MR) is 65.7 cm³/mol. The second kappa shape index (κ2) is 2.97. The standard InChI is InChI=1S/C13H10OS/c1-8-6-10-9-4-2-3-5-12(9)15-13(10)11(14)7-8/h2-7,14H,1H3. The van der Waals surface area contributed by atoms with Gasteiger partial charge in [-0.2, -0.15) is 0 Å². The highest BCUT2D eigenvalue weighted by Crippen LogP contribution is 2.39. The molecule has 3 rings (SSSR count). The number of thiophene rings is 1. The molecule has 1 N–H and O–H groups in total. The third-order valence-electron chi connectivity index (χ3n) is 2.60. The fraction of sp³-hybridized carbons (Fsp3) is 0.0769. The molecular formula is C13H10OS. The van der Waals surface area contributed by atoms with Crippen molar-refractivity contribution in [3.63, 3.8) is 0 Å². The van der Waals surface area contributed by atoms with Gasteiger partial charge in [0, 0.05) is 15.5 Å². The Kier molecular flexibility index (Phi) is 1.73. The first-order valence-electron chi connectivity index (χ1n) is 4.86. The van der Waals surface area contributed by atoms with Crippen molar-refractivity contribution in [2.45, 2.75) is 6.92 Å². The van der Waals surface area contributed by atoms with Gasteiger partial charge in [-0.1, -0.05) is 18.2 Å². The van der Waals surface area contributed by atoms with Gasteiger partial charge in [0.1, 0.15) is 5.75 Å². The molecule has 0 fully saturated rings. The minimum Gasteiger partial charge on any atom is -0.506 e. The highest BCUT2D eigenvalue weighted by atomic mass is 32.1. The average molecular weight is 214 g/mol. The first kappa shape index (κ1) is 8.74. The Morgan fingerprint density at radius 2 is 1.87 bits per heavy atom. The molecule has 0 aliphatic rings. The maximum atomic E-state index is 9.86. The van der Waals surface area contributed by atoms with Crippen LogP contribution in [0.1, 0.15) is 5.56 Å². The molecule has 0 unspecified atom stereocenters. The predicted octanol–water partition coefficient (Wildman–Crippen LogP) is 4.07. The van der Waals surface area contributed by atoms with E-state index in [0.29, 0.717) is 5.75 Å². The van der Waals surface area contributed by atoms with Gasteiger partial charge in [0.15, 0.2) is 0 Å². The highest BCUT2D eigenvalue weighted by Gasteiger charge is 2.08. The van der Waals surface area contributed by atoms with Crippen LogP contribution < -0.4 is 0 Å². The molecule has 0 saturated heterocycles.